The Bertz CT molecular complexity index is 693. The van der Waals surface area contributed by atoms with Gasteiger partial charge in [-0.1, -0.05) is 12.2 Å². The molecule has 1 unspecified atom stereocenters. The van der Waals surface area contributed by atoms with Crippen molar-refractivity contribution in [1.29, 1.82) is 0 Å². The van der Waals surface area contributed by atoms with Crippen molar-refractivity contribution in [3.8, 4) is 0 Å². The second-order valence-corrected chi connectivity index (χ2v) is 7.55. The molecule has 1 saturated heterocycles. The van der Waals surface area contributed by atoms with Crippen LogP contribution in [0.25, 0.3) is 0 Å². The second-order valence-electron chi connectivity index (χ2n) is 5.61. The van der Waals surface area contributed by atoms with Gasteiger partial charge in [0.1, 0.15) is 10.6 Å². The highest BCUT2D eigenvalue weighted by atomic mass is 32.2. The van der Waals surface area contributed by atoms with Gasteiger partial charge in [-0.2, -0.15) is 17.5 Å². The Hall–Kier alpha value is -1.45. The molecule has 5 nitrogen and oxygen atoms in total. The first-order valence-corrected chi connectivity index (χ1v) is 8.65. The third-order valence-electron chi connectivity index (χ3n) is 4.15. The lowest BCUT2D eigenvalue weighted by Crippen LogP contribution is -2.37. The molecule has 0 N–H and O–H groups in total. The SMILES string of the molecule is O=S(=O)(c1ccc(C(F)(F)F)nc1)N1CCC(N2CC=CC2)C1. The Kier molecular flexibility index (Phi) is 4.19. The Morgan fingerprint density at radius 1 is 1.17 bits per heavy atom. The van der Waals surface area contributed by atoms with Crippen LogP contribution in [0.3, 0.4) is 0 Å². The lowest BCUT2D eigenvalue weighted by Gasteiger charge is -2.23. The van der Waals surface area contributed by atoms with Crippen molar-refractivity contribution in [3.63, 3.8) is 0 Å². The third-order valence-corrected chi connectivity index (χ3v) is 6.00. The zero-order valence-electron chi connectivity index (χ0n) is 12.2. The van der Waals surface area contributed by atoms with Gasteiger partial charge in [-0.05, 0) is 18.6 Å². The topological polar surface area (TPSA) is 53.5 Å². The average Bonchev–Trinajstić information content (AvgIpc) is 3.17. The number of nitrogens with zero attached hydrogens (tertiary/aromatic N) is 3. The second kappa shape index (κ2) is 5.88. The van der Waals surface area contributed by atoms with Crippen LogP contribution >= 0.6 is 0 Å². The fourth-order valence-corrected chi connectivity index (χ4v) is 4.31. The van der Waals surface area contributed by atoms with E-state index in [1.807, 2.05) is 12.2 Å². The van der Waals surface area contributed by atoms with E-state index in [9.17, 15) is 21.6 Å². The quantitative estimate of drug-likeness (QED) is 0.782. The molecule has 0 saturated carbocycles. The summed E-state index contributed by atoms with van der Waals surface area (Å²) in [5.74, 6) is 0. The Labute approximate surface area is 132 Å². The van der Waals surface area contributed by atoms with Gasteiger partial charge in [0.25, 0.3) is 0 Å². The highest BCUT2D eigenvalue weighted by molar-refractivity contribution is 7.89. The highest BCUT2D eigenvalue weighted by Gasteiger charge is 2.37. The molecule has 1 atom stereocenters. The molecule has 0 aromatic carbocycles. The first-order chi connectivity index (χ1) is 10.8. The van der Waals surface area contributed by atoms with Crippen molar-refractivity contribution >= 4 is 10.0 Å². The molecule has 0 spiro atoms. The monoisotopic (exact) mass is 347 g/mol. The van der Waals surface area contributed by atoms with E-state index in [0.29, 0.717) is 19.2 Å². The van der Waals surface area contributed by atoms with Crippen molar-refractivity contribution in [3.05, 3.63) is 36.2 Å². The summed E-state index contributed by atoms with van der Waals surface area (Å²) < 4.78 is 63.9. The summed E-state index contributed by atoms with van der Waals surface area (Å²) in [6.45, 7) is 2.33. The lowest BCUT2D eigenvalue weighted by atomic mass is 10.2. The molecular weight excluding hydrogens is 331 g/mol. The van der Waals surface area contributed by atoms with Crippen molar-refractivity contribution in [2.45, 2.75) is 23.5 Å². The lowest BCUT2D eigenvalue weighted by molar-refractivity contribution is -0.141. The number of alkyl halides is 3. The summed E-state index contributed by atoms with van der Waals surface area (Å²) in [7, 11) is -3.81. The van der Waals surface area contributed by atoms with Gasteiger partial charge in [0.05, 0.1) is 0 Å². The normalized spacial score (nSPS) is 23.7. The number of aromatic nitrogens is 1. The van der Waals surface area contributed by atoms with Gasteiger partial charge in [0.15, 0.2) is 0 Å². The van der Waals surface area contributed by atoms with Crippen LogP contribution in [0, 0.1) is 0 Å². The van der Waals surface area contributed by atoms with Gasteiger partial charge in [-0.3, -0.25) is 9.88 Å². The molecule has 2 aliphatic heterocycles. The molecule has 23 heavy (non-hydrogen) atoms. The zero-order chi connectivity index (χ0) is 16.7. The van der Waals surface area contributed by atoms with Crippen LogP contribution < -0.4 is 0 Å². The van der Waals surface area contributed by atoms with Crippen LogP contribution in [0.2, 0.25) is 0 Å². The van der Waals surface area contributed by atoms with E-state index in [1.54, 1.807) is 0 Å². The van der Waals surface area contributed by atoms with E-state index >= 15 is 0 Å². The number of hydrogen-bond acceptors (Lipinski definition) is 4. The molecular formula is C14H16F3N3O2S. The van der Waals surface area contributed by atoms with Gasteiger partial charge in [-0.15, -0.1) is 0 Å². The Balaban J connectivity index is 1.74. The van der Waals surface area contributed by atoms with Crippen molar-refractivity contribution in [1.82, 2.24) is 14.2 Å². The van der Waals surface area contributed by atoms with Crippen LogP contribution in [0.15, 0.2) is 35.4 Å². The number of rotatable bonds is 3. The molecule has 3 rings (SSSR count). The highest BCUT2D eigenvalue weighted by Crippen LogP contribution is 2.29. The maximum Gasteiger partial charge on any atom is 0.433 e. The van der Waals surface area contributed by atoms with Crippen molar-refractivity contribution in [2.75, 3.05) is 26.2 Å². The smallest absolute Gasteiger partial charge is 0.292 e. The predicted octanol–water partition coefficient (Wildman–Crippen LogP) is 1.74. The molecule has 3 heterocycles. The number of hydrogen-bond donors (Lipinski definition) is 0. The van der Waals surface area contributed by atoms with E-state index in [-0.39, 0.29) is 10.9 Å². The van der Waals surface area contributed by atoms with Gasteiger partial charge < -0.3 is 0 Å². The molecule has 0 radical (unpaired) electrons. The molecule has 0 amide bonds. The summed E-state index contributed by atoms with van der Waals surface area (Å²) in [5, 5.41) is 0. The number of pyridine rings is 1. The number of halogens is 3. The Morgan fingerprint density at radius 3 is 2.43 bits per heavy atom. The molecule has 0 bridgehead atoms. The minimum absolute atomic E-state index is 0.141. The summed E-state index contributed by atoms with van der Waals surface area (Å²) in [6.07, 6.45) is 0.996. The standard InChI is InChI=1S/C14H16F3N3O2S/c15-14(16,17)13-4-3-12(9-18-13)23(21,22)20-8-5-11(10-20)19-6-1-2-7-19/h1-4,9,11H,5-8,10H2. The molecule has 0 aliphatic carbocycles. The maximum absolute atomic E-state index is 12.5. The predicted molar refractivity (Wildman–Crippen MR) is 77.1 cm³/mol. The van der Waals surface area contributed by atoms with E-state index in [4.69, 9.17) is 0 Å². The summed E-state index contributed by atoms with van der Waals surface area (Å²) in [4.78, 5) is 5.21. The minimum Gasteiger partial charge on any atom is -0.292 e. The van der Waals surface area contributed by atoms with Gasteiger partial charge in [0.2, 0.25) is 10.0 Å². The zero-order valence-corrected chi connectivity index (χ0v) is 13.0. The van der Waals surface area contributed by atoms with Crippen LogP contribution in [0.1, 0.15) is 12.1 Å². The maximum atomic E-state index is 12.5. The van der Waals surface area contributed by atoms with Crippen LogP contribution in [-0.2, 0) is 16.2 Å². The molecule has 126 valence electrons. The van der Waals surface area contributed by atoms with Gasteiger partial charge in [-0.25, -0.2) is 8.42 Å². The van der Waals surface area contributed by atoms with Gasteiger partial charge >= 0.3 is 6.18 Å². The van der Waals surface area contributed by atoms with Crippen LogP contribution in [0.5, 0.6) is 0 Å². The first kappa shape index (κ1) is 16.4. The Morgan fingerprint density at radius 2 is 1.87 bits per heavy atom. The first-order valence-electron chi connectivity index (χ1n) is 7.21. The summed E-state index contributed by atoms with van der Waals surface area (Å²) in [5.41, 5.74) is -1.10. The average molecular weight is 347 g/mol. The van der Waals surface area contributed by atoms with E-state index in [1.165, 1.54) is 4.31 Å². The third kappa shape index (κ3) is 3.26. The molecule has 1 fully saturated rings. The van der Waals surface area contributed by atoms with E-state index in [2.05, 4.69) is 9.88 Å². The molecule has 9 heteroatoms. The van der Waals surface area contributed by atoms with Gasteiger partial charge in [0, 0.05) is 38.4 Å². The van der Waals surface area contributed by atoms with Crippen molar-refractivity contribution in [2.24, 2.45) is 0 Å². The number of sulfonamides is 1. The fourth-order valence-electron chi connectivity index (χ4n) is 2.87. The van der Waals surface area contributed by atoms with Crippen LogP contribution in [-0.4, -0.2) is 54.8 Å². The van der Waals surface area contributed by atoms with E-state index in [0.717, 1.165) is 31.8 Å². The van der Waals surface area contributed by atoms with E-state index < -0.39 is 21.9 Å². The molecule has 1 aromatic heterocycles. The van der Waals surface area contributed by atoms with Crippen molar-refractivity contribution < 1.29 is 21.6 Å². The largest absolute Gasteiger partial charge is 0.433 e. The molecule has 1 aromatic rings. The summed E-state index contributed by atoms with van der Waals surface area (Å²) in [6, 6.07) is 1.81. The minimum atomic E-state index is -4.58. The van der Waals surface area contributed by atoms with Crippen LogP contribution in [0.4, 0.5) is 13.2 Å². The fraction of sp³-hybridized carbons (Fsp3) is 0.500. The summed E-state index contributed by atoms with van der Waals surface area (Å²) >= 11 is 0. The molecule has 2 aliphatic rings.